The SMILES string of the molecule is CC1(c2ccccc2Br)CC(F)CN1.Cl. The number of rotatable bonds is 1. The van der Waals surface area contributed by atoms with Gasteiger partial charge in [-0.3, -0.25) is 0 Å². The monoisotopic (exact) mass is 293 g/mol. The molecule has 1 nitrogen and oxygen atoms in total. The summed E-state index contributed by atoms with van der Waals surface area (Å²) in [6.45, 7) is 2.50. The third-order valence-corrected chi connectivity index (χ3v) is 3.50. The van der Waals surface area contributed by atoms with Gasteiger partial charge in [-0.15, -0.1) is 12.4 Å². The third kappa shape index (κ3) is 2.52. The van der Waals surface area contributed by atoms with E-state index in [2.05, 4.69) is 21.2 Å². The molecular formula is C11H14BrClFN. The maximum atomic E-state index is 13.2. The molecule has 1 aliphatic heterocycles. The Kier molecular flexibility index (Phi) is 4.15. The van der Waals surface area contributed by atoms with Crippen LogP contribution in [0.4, 0.5) is 4.39 Å². The van der Waals surface area contributed by atoms with Crippen molar-refractivity contribution in [2.24, 2.45) is 0 Å². The van der Waals surface area contributed by atoms with Crippen LogP contribution in [-0.2, 0) is 5.54 Å². The first-order valence-corrected chi connectivity index (χ1v) is 5.55. The van der Waals surface area contributed by atoms with Crippen LogP contribution in [0.3, 0.4) is 0 Å². The number of halogens is 3. The van der Waals surface area contributed by atoms with Gasteiger partial charge in [-0.1, -0.05) is 34.1 Å². The second-order valence-corrected chi connectivity index (χ2v) is 4.85. The fourth-order valence-electron chi connectivity index (χ4n) is 2.04. The molecule has 0 amide bonds. The maximum Gasteiger partial charge on any atom is 0.115 e. The van der Waals surface area contributed by atoms with Crippen LogP contribution in [0, 0.1) is 0 Å². The molecule has 0 spiro atoms. The van der Waals surface area contributed by atoms with Gasteiger partial charge in [0.2, 0.25) is 0 Å². The van der Waals surface area contributed by atoms with Crippen molar-refractivity contribution in [1.29, 1.82) is 0 Å². The van der Waals surface area contributed by atoms with E-state index < -0.39 is 6.17 Å². The van der Waals surface area contributed by atoms with E-state index in [1.165, 1.54) is 0 Å². The molecule has 84 valence electrons. The van der Waals surface area contributed by atoms with Gasteiger partial charge in [0.15, 0.2) is 0 Å². The van der Waals surface area contributed by atoms with E-state index >= 15 is 0 Å². The summed E-state index contributed by atoms with van der Waals surface area (Å²) in [6, 6.07) is 7.99. The van der Waals surface area contributed by atoms with Crippen LogP contribution in [0.5, 0.6) is 0 Å². The molecular weight excluding hydrogens is 280 g/mol. The average Bonchev–Trinajstić information content (AvgIpc) is 2.48. The molecule has 1 N–H and O–H groups in total. The molecule has 1 aliphatic rings. The first-order chi connectivity index (χ1) is 6.62. The van der Waals surface area contributed by atoms with Crippen molar-refractivity contribution in [2.45, 2.75) is 25.1 Å². The highest BCUT2D eigenvalue weighted by Crippen LogP contribution is 2.35. The topological polar surface area (TPSA) is 12.0 Å². The summed E-state index contributed by atoms with van der Waals surface area (Å²) < 4.78 is 14.2. The van der Waals surface area contributed by atoms with Gasteiger partial charge in [-0.05, 0) is 18.6 Å². The molecule has 1 aromatic carbocycles. The van der Waals surface area contributed by atoms with Gasteiger partial charge in [0, 0.05) is 23.0 Å². The number of hydrogen-bond acceptors (Lipinski definition) is 1. The second-order valence-electron chi connectivity index (χ2n) is 3.99. The third-order valence-electron chi connectivity index (χ3n) is 2.81. The summed E-state index contributed by atoms with van der Waals surface area (Å²) in [5.41, 5.74) is 0.916. The Morgan fingerprint density at radius 2 is 2.13 bits per heavy atom. The van der Waals surface area contributed by atoms with Crippen molar-refractivity contribution in [2.75, 3.05) is 6.54 Å². The molecule has 0 bridgehead atoms. The zero-order valence-corrected chi connectivity index (χ0v) is 10.9. The Morgan fingerprint density at radius 1 is 1.47 bits per heavy atom. The lowest BCUT2D eigenvalue weighted by Crippen LogP contribution is -2.33. The molecule has 1 saturated heterocycles. The van der Waals surface area contributed by atoms with E-state index in [0.717, 1.165) is 10.0 Å². The predicted molar refractivity (Wildman–Crippen MR) is 66.3 cm³/mol. The Hall–Kier alpha value is -0.120. The largest absolute Gasteiger partial charge is 0.305 e. The van der Waals surface area contributed by atoms with E-state index in [1.807, 2.05) is 31.2 Å². The lowest BCUT2D eigenvalue weighted by molar-refractivity contribution is 0.333. The van der Waals surface area contributed by atoms with Gasteiger partial charge in [0.25, 0.3) is 0 Å². The van der Waals surface area contributed by atoms with Gasteiger partial charge >= 0.3 is 0 Å². The molecule has 1 aromatic rings. The smallest absolute Gasteiger partial charge is 0.115 e. The van der Waals surface area contributed by atoms with Crippen molar-refractivity contribution < 1.29 is 4.39 Å². The summed E-state index contributed by atoms with van der Waals surface area (Å²) in [4.78, 5) is 0. The first kappa shape index (κ1) is 12.9. The molecule has 0 radical (unpaired) electrons. The van der Waals surface area contributed by atoms with Gasteiger partial charge in [-0.25, -0.2) is 4.39 Å². The van der Waals surface area contributed by atoms with Gasteiger partial charge < -0.3 is 5.32 Å². The summed E-state index contributed by atoms with van der Waals surface area (Å²) in [5.74, 6) is 0. The number of hydrogen-bond donors (Lipinski definition) is 1. The van der Waals surface area contributed by atoms with Gasteiger partial charge in [0.05, 0.1) is 0 Å². The molecule has 2 rings (SSSR count). The Morgan fingerprint density at radius 3 is 2.67 bits per heavy atom. The lowest BCUT2D eigenvalue weighted by Gasteiger charge is -2.25. The summed E-state index contributed by atoms with van der Waals surface area (Å²) >= 11 is 3.50. The minimum absolute atomic E-state index is 0. The van der Waals surface area contributed by atoms with Crippen molar-refractivity contribution in [3.05, 3.63) is 34.3 Å². The summed E-state index contributed by atoms with van der Waals surface area (Å²) in [7, 11) is 0. The van der Waals surface area contributed by atoms with E-state index in [0.29, 0.717) is 13.0 Å². The van der Waals surface area contributed by atoms with E-state index in [4.69, 9.17) is 0 Å². The van der Waals surface area contributed by atoms with Gasteiger partial charge in [-0.2, -0.15) is 0 Å². The molecule has 0 saturated carbocycles. The number of nitrogens with one attached hydrogen (secondary N) is 1. The van der Waals surface area contributed by atoms with E-state index in [1.54, 1.807) is 0 Å². The lowest BCUT2D eigenvalue weighted by atomic mass is 9.90. The zero-order chi connectivity index (χ0) is 10.2. The molecule has 2 atom stereocenters. The van der Waals surface area contributed by atoms with Crippen LogP contribution < -0.4 is 5.32 Å². The van der Waals surface area contributed by atoms with Crippen molar-refractivity contribution in [3.63, 3.8) is 0 Å². The minimum atomic E-state index is -0.730. The first-order valence-electron chi connectivity index (χ1n) is 4.76. The minimum Gasteiger partial charge on any atom is -0.305 e. The van der Waals surface area contributed by atoms with Crippen LogP contribution in [0.1, 0.15) is 18.9 Å². The fraction of sp³-hybridized carbons (Fsp3) is 0.455. The standard InChI is InChI=1S/C11H13BrFN.ClH/c1-11(6-8(13)7-14-11)9-4-2-3-5-10(9)12;/h2-5,8,14H,6-7H2,1H3;1H. The fourth-order valence-corrected chi connectivity index (χ4v) is 2.76. The second kappa shape index (κ2) is 4.81. The molecule has 0 aromatic heterocycles. The van der Waals surface area contributed by atoms with Crippen molar-refractivity contribution in [1.82, 2.24) is 5.32 Å². The molecule has 1 fully saturated rings. The normalized spacial score (nSPS) is 29.9. The molecule has 2 unspecified atom stereocenters. The molecule has 0 aliphatic carbocycles. The van der Waals surface area contributed by atoms with Crippen molar-refractivity contribution >= 4 is 28.3 Å². The highest BCUT2D eigenvalue weighted by molar-refractivity contribution is 9.10. The Bertz CT molecular complexity index is 347. The van der Waals surface area contributed by atoms with Crippen LogP contribution >= 0.6 is 28.3 Å². The highest BCUT2D eigenvalue weighted by Gasteiger charge is 2.37. The van der Waals surface area contributed by atoms with Gasteiger partial charge in [0.1, 0.15) is 6.17 Å². The molecule has 15 heavy (non-hydrogen) atoms. The van der Waals surface area contributed by atoms with Crippen LogP contribution in [0.25, 0.3) is 0 Å². The van der Waals surface area contributed by atoms with Crippen LogP contribution in [-0.4, -0.2) is 12.7 Å². The molecule has 1 heterocycles. The summed E-state index contributed by atoms with van der Waals surface area (Å²) in [5, 5.41) is 3.23. The average molecular weight is 295 g/mol. The van der Waals surface area contributed by atoms with Crippen molar-refractivity contribution in [3.8, 4) is 0 Å². The maximum absolute atomic E-state index is 13.2. The Balaban J connectivity index is 0.00000112. The van der Waals surface area contributed by atoms with E-state index in [-0.39, 0.29) is 17.9 Å². The zero-order valence-electron chi connectivity index (χ0n) is 8.47. The van der Waals surface area contributed by atoms with Crippen LogP contribution in [0.15, 0.2) is 28.7 Å². The quantitative estimate of drug-likeness (QED) is 0.837. The van der Waals surface area contributed by atoms with E-state index in [9.17, 15) is 4.39 Å². The predicted octanol–water partition coefficient (Wildman–Crippen LogP) is 3.42. The number of benzene rings is 1. The summed E-state index contributed by atoms with van der Waals surface area (Å²) in [6.07, 6.45) is -0.178. The number of alkyl halides is 1. The Labute approximate surface area is 104 Å². The molecule has 4 heteroatoms. The van der Waals surface area contributed by atoms with Crippen LogP contribution in [0.2, 0.25) is 0 Å². The highest BCUT2D eigenvalue weighted by atomic mass is 79.9.